The first-order valence-electron chi connectivity index (χ1n) is 5.24. The van der Waals surface area contributed by atoms with E-state index in [1.807, 2.05) is 0 Å². The van der Waals surface area contributed by atoms with Crippen molar-refractivity contribution in [2.45, 2.75) is 18.9 Å². The molecule has 0 radical (unpaired) electrons. The molecule has 2 N–H and O–H groups in total. The lowest BCUT2D eigenvalue weighted by Crippen LogP contribution is -2.39. The molecule has 0 aromatic rings. The lowest BCUT2D eigenvalue weighted by molar-refractivity contribution is 0.0137. The van der Waals surface area contributed by atoms with Crippen LogP contribution in [0.3, 0.4) is 0 Å². The monoisotopic (exact) mass is 203 g/mol. The molecular weight excluding hydrogens is 182 g/mol. The van der Waals surface area contributed by atoms with Crippen LogP contribution in [0, 0.1) is 5.92 Å². The van der Waals surface area contributed by atoms with Gasteiger partial charge in [-0.05, 0) is 18.8 Å². The van der Waals surface area contributed by atoms with Crippen LogP contribution < -0.4 is 5.73 Å². The number of hydrogen-bond acceptors (Lipinski definition) is 4. The minimum atomic E-state index is 0.104. The Labute approximate surface area is 85.7 Å². The molecule has 14 heavy (non-hydrogen) atoms. The van der Waals surface area contributed by atoms with E-state index < -0.39 is 0 Å². The maximum absolute atomic E-state index is 5.98. The van der Waals surface area contributed by atoms with E-state index in [-0.39, 0.29) is 6.04 Å². The van der Waals surface area contributed by atoms with Crippen molar-refractivity contribution in [1.82, 2.24) is 0 Å². The number of ether oxygens (including phenoxy) is 3. The molecule has 4 nitrogen and oxygen atoms in total. The second-order valence-corrected chi connectivity index (χ2v) is 3.71. The van der Waals surface area contributed by atoms with Crippen molar-refractivity contribution >= 4 is 0 Å². The van der Waals surface area contributed by atoms with Crippen LogP contribution in [0.5, 0.6) is 0 Å². The molecule has 1 rings (SSSR count). The Kier molecular flexibility index (Phi) is 6.10. The van der Waals surface area contributed by atoms with E-state index in [1.54, 1.807) is 7.11 Å². The van der Waals surface area contributed by atoms with E-state index in [0.29, 0.717) is 25.7 Å². The second-order valence-electron chi connectivity index (χ2n) is 3.71. The molecule has 84 valence electrons. The molecule has 1 saturated heterocycles. The van der Waals surface area contributed by atoms with Crippen LogP contribution in [-0.4, -0.2) is 46.2 Å². The Morgan fingerprint density at radius 2 is 2.36 bits per heavy atom. The van der Waals surface area contributed by atoms with Crippen molar-refractivity contribution in [3.8, 4) is 0 Å². The fourth-order valence-corrected chi connectivity index (χ4v) is 1.60. The fourth-order valence-electron chi connectivity index (χ4n) is 1.60. The zero-order chi connectivity index (χ0) is 10.2. The smallest absolute Gasteiger partial charge is 0.0701 e. The van der Waals surface area contributed by atoms with Gasteiger partial charge in [0.1, 0.15) is 0 Å². The topological polar surface area (TPSA) is 53.7 Å². The molecular formula is C10H21NO3. The Bertz CT molecular complexity index is 137. The average Bonchev–Trinajstić information content (AvgIpc) is 2.25. The quantitative estimate of drug-likeness (QED) is 0.635. The Balaban J connectivity index is 2.04. The molecule has 1 heterocycles. The predicted molar refractivity (Wildman–Crippen MR) is 54.2 cm³/mol. The molecule has 0 spiro atoms. The van der Waals surface area contributed by atoms with Gasteiger partial charge < -0.3 is 19.9 Å². The minimum Gasteiger partial charge on any atom is -0.382 e. The van der Waals surface area contributed by atoms with Crippen LogP contribution in [0.2, 0.25) is 0 Å². The van der Waals surface area contributed by atoms with Gasteiger partial charge in [-0.2, -0.15) is 0 Å². The summed E-state index contributed by atoms with van der Waals surface area (Å²) in [6, 6.07) is 0.104. The van der Waals surface area contributed by atoms with E-state index >= 15 is 0 Å². The van der Waals surface area contributed by atoms with Crippen LogP contribution in [-0.2, 0) is 14.2 Å². The molecule has 0 aromatic heterocycles. The van der Waals surface area contributed by atoms with Gasteiger partial charge in [-0.3, -0.25) is 0 Å². The maximum Gasteiger partial charge on any atom is 0.0701 e. The predicted octanol–water partition coefficient (Wildman–Crippen LogP) is 0.403. The summed E-state index contributed by atoms with van der Waals surface area (Å²) in [6.45, 7) is 3.53. The number of hydrogen-bond donors (Lipinski definition) is 1. The zero-order valence-corrected chi connectivity index (χ0v) is 8.91. The number of rotatable bonds is 6. The molecule has 0 amide bonds. The summed E-state index contributed by atoms with van der Waals surface area (Å²) >= 11 is 0. The first-order chi connectivity index (χ1) is 6.84. The first-order valence-corrected chi connectivity index (χ1v) is 5.24. The first kappa shape index (κ1) is 11.9. The van der Waals surface area contributed by atoms with E-state index in [9.17, 15) is 0 Å². The normalized spacial score (nSPS) is 24.9. The van der Waals surface area contributed by atoms with Crippen molar-refractivity contribution in [3.63, 3.8) is 0 Å². The lowest BCUT2D eigenvalue weighted by Gasteiger charge is -2.27. The lowest BCUT2D eigenvalue weighted by atomic mass is 9.95. The minimum absolute atomic E-state index is 0.104. The molecule has 2 atom stereocenters. The van der Waals surface area contributed by atoms with Gasteiger partial charge in [0.2, 0.25) is 0 Å². The Morgan fingerprint density at radius 3 is 3.00 bits per heavy atom. The number of methoxy groups -OCH3 is 1. The van der Waals surface area contributed by atoms with Gasteiger partial charge >= 0.3 is 0 Å². The molecule has 0 aromatic carbocycles. The van der Waals surface area contributed by atoms with Gasteiger partial charge in [-0.25, -0.2) is 0 Å². The molecule has 0 aliphatic carbocycles. The third-order valence-electron chi connectivity index (χ3n) is 2.54. The van der Waals surface area contributed by atoms with Gasteiger partial charge in [0.05, 0.1) is 26.4 Å². The van der Waals surface area contributed by atoms with E-state index in [1.165, 1.54) is 0 Å². The van der Waals surface area contributed by atoms with Gasteiger partial charge in [-0.15, -0.1) is 0 Å². The standard InChI is InChI=1S/C10H21NO3/c1-12-5-6-14-8-10(11)9-3-2-4-13-7-9/h9-10H,2-8,11H2,1H3. The van der Waals surface area contributed by atoms with Gasteiger partial charge in [0.25, 0.3) is 0 Å². The summed E-state index contributed by atoms with van der Waals surface area (Å²) in [7, 11) is 1.66. The van der Waals surface area contributed by atoms with E-state index in [0.717, 1.165) is 26.1 Å². The number of nitrogens with two attached hydrogens (primary N) is 1. The van der Waals surface area contributed by atoms with Gasteiger partial charge in [0.15, 0.2) is 0 Å². The summed E-state index contributed by atoms with van der Waals surface area (Å²) in [4.78, 5) is 0. The summed E-state index contributed by atoms with van der Waals surface area (Å²) in [5.41, 5.74) is 5.98. The van der Waals surface area contributed by atoms with Crippen LogP contribution in [0.4, 0.5) is 0 Å². The summed E-state index contributed by atoms with van der Waals surface area (Å²) in [5.74, 6) is 0.464. The van der Waals surface area contributed by atoms with E-state index in [4.69, 9.17) is 19.9 Å². The molecule has 1 aliphatic rings. The Morgan fingerprint density at radius 1 is 1.50 bits per heavy atom. The highest BCUT2D eigenvalue weighted by molar-refractivity contribution is 4.74. The average molecular weight is 203 g/mol. The molecule has 2 unspecified atom stereocenters. The summed E-state index contributed by atoms with van der Waals surface area (Å²) < 4.78 is 15.6. The highest BCUT2D eigenvalue weighted by Crippen LogP contribution is 2.16. The third kappa shape index (κ3) is 4.37. The van der Waals surface area contributed by atoms with Crippen molar-refractivity contribution < 1.29 is 14.2 Å². The summed E-state index contributed by atoms with van der Waals surface area (Å²) in [6.07, 6.45) is 2.28. The van der Waals surface area contributed by atoms with Crippen molar-refractivity contribution in [2.75, 3.05) is 40.1 Å². The van der Waals surface area contributed by atoms with Crippen LogP contribution in [0.25, 0.3) is 0 Å². The third-order valence-corrected chi connectivity index (χ3v) is 2.54. The molecule has 4 heteroatoms. The second kappa shape index (κ2) is 7.17. The van der Waals surface area contributed by atoms with Gasteiger partial charge in [-0.1, -0.05) is 0 Å². The largest absolute Gasteiger partial charge is 0.382 e. The highest BCUT2D eigenvalue weighted by atomic mass is 16.5. The highest BCUT2D eigenvalue weighted by Gasteiger charge is 2.20. The zero-order valence-electron chi connectivity index (χ0n) is 8.91. The summed E-state index contributed by atoms with van der Waals surface area (Å²) in [5, 5.41) is 0. The van der Waals surface area contributed by atoms with E-state index in [2.05, 4.69) is 0 Å². The molecule has 0 saturated carbocycles. The van der Waals surface area contributed by atoms with Crippen LogP contribution in [0.15, 0.2) is 0 Å². The van der Waals surface area contributed by atoms with Gasteiger partial charge in [0, 0.05) is 19.8 Å². The van der Waals surface area contributed by atoms with Crippen molar-refractivity contribution in [3.05, 3.63) is 0 Å². The maximum atomic E-state index is 5.98. The fraction of sp³-hybridized carbons (Fsp3) is 1.00. The molecule has 1 fully saturated rings. The SMILES string of the molecule is COCCOCC(N)C1CCCOC1. The molecule has 1 aliphatic heterocycles. The molecule has 0 bridgehead atoms. The van der Waals surface area contributed by atoms with Crippen molar-refractivity contribution in [1.29, 1.82) is 0 Å². The van der Waals surface area contributed by atoms with Crippen molar-refractivity contribution in [2.24, 2.45) is 11.7 Å². The van der Waals surface area contributed by atoms with Crippen LogP contribution in [0.1, 0.15) is 12.8 Å². The van der Waals surface area contributed by atoms with Crippen LogP contribution >= 0.6 is 0 Å². The Hall–Kier alpha value is -0.160.